The van der Waals surface area contributed by atoms with Crippen LogP contribution >= 0.6 is 11.6 Å². The highest BCUT2D eigenvalue weighted by atomic mass is 35.5. The third-order valence-electron chi connectivity index (χ3n) is 3.66. The summed E-state index contributed by atoms with van der Waals surface area (Å²) in [5.74, 6) is 0.781. The van der Waals surface area contributed by atoms with Gasteiger partial charge in [-0.2, -0.15) is 5.26 Å². The van der Waals surface area contributed by atoms with E-state index in [1.54, 1.807) is 6.07 Å². The molecule has 1 aromatic carbocycles. The van der Waals surface area contributed by atoms with Gasteiger partial charge < -0.3 is 9.80 Å². The number of halogens is 1. The van der Waals surface area contributed by atoms with Gasteiger partial charge in [-0.1, -0.05) is 11.6 Å². The maximum atomic E-state index is 8.85. The summed E-state index contributed by atoms with van der Waals surface area (Å²) in [6.07, 6.45) is 2.41. The van der Waals surface area contributed by atoms with Crippen molar-refractivity contribution < 1.29 is 0 Å². The van der Waals surface area contributed by atoms with Crippen LogP contribution in [0.5, 0.6) is 0 Å². The Labute approximate surface area is 120 Å². The van der Waals surface area contributed by atoms with Gasteiger partial charge in [0.25, 0.3) is 0 Å². The number of piperidine rings is 1. The highest BCUT2D eigenvalue weighted by Gasteiger charge is 2.21. The molecule has 0 amide bonds. The summed E-state index contributed by atoms with van der Waals surface area (Å²) in [5, 5.41) is 9.54. The van der Waals surface area contributed by atoms with E-state index in [1.807, 2.05) is 12.1 Å². The lowest BCUT2D eigenvalue weighted by atomic mass is 9.96. The molecule has 19 heavy (non-hydrogen) atoms. The van der Waals surface area contributed by atoms with E-state index >= 15 is 0 Å². The lowest BCUT2D eigenvalue weighted by Gasteiger charge is -2.35. The zero-order valence-corrected chi connectivity index (χ0v) is 12.3. The SMILES string of the molecule is CN(C)CC1CCN(c2ccc(C#N)cc2Cl)CC1. The predicted molar refractivity (Wildman–Crippen MR) is 79.7 cm³/mol. The Morgan fingerprint density at radius 1 is 1.37 bits per heavy atom. The molecular weight excluding hydrogens is 258 g/mol. The second-order valence-electron chi connectivity index (χ2n) is 5.47. The van der Waals surface area contributed by atoms with Crippen molar-refractivity contribution in [2.45, 2.75) is 12.8 Å². The Bertz CT molecular complexity index is 471. The highest BCUT2D eigenvalue weighted by molar-refractivity contribution is 6.33. The average molecular weight is 278 g/mol. The molecule has 1 aliphatic rings. The second-order valence-corrected chi connectivity index (χ2v) is 5.88. The third kappa shape index (κ3) is 3.62. The van der Waals surface area contributed by atoms with Crippen LogP contribution in [-0.2, 0) is 0 Å². The summed E-state index contributed by atoms with van der Waals surface area (Å²) in [6.45, 7) is 3.25. The van der Waals surface area contributed by atoms with Gasteiger partial charge in [0, 0.05) is 19.6 Å². The van der Waals surface area contributed by atoms with Crippen molar-refractivity contribution in [2.75, 3.05) is 38.6 Å². The number of benzene rings is 1. The van der Waals surface area contributed by atoms with Crippen LogP contribution in [0.15, 0.2) is 18.2 Å². The lowest BCUT2D eigenvalue weighted by molar-refractivity contribution is 0.285. The van der Waals surface area contributed by atoms with Gasteiger partial charge in [0.15, 0.2) is 0 Å². The van der Waals surface area contributed by atoms with Crippen molar-refractivity contribution in [3.8, 4) is 6.07 Å². The van der Waals surface area contributed by atoms with Crippen LogP contribution in [0.3, 0.4) is 0 Å². The van der Waals surface area contributed by atoms with Gasteiger partial charge in [-0.15, -0.1) is 0 Å². The normalized spacial score (nSPS) is 16.7. The molecule has 1 saturated heterocycles. The van der Waals surface area contributed by atoms with Gasteiger partial charge >= 0.3 is 0 Å². The summed E-state index contributed by atoms with van der Waals surface area (Å²) in [7, 11) is 4.26. The molecule has 0 atom stereocenters. The van der Waals surface area contributed by atoms with Crippen LogP contribution < -0.4 is 4.90 Å². The number of rotatable bonds is 3. The van der Waals surface area contributed by atoms with E-state index in [0.717, 1.165) is 31.2 Å². The Kier molecular flexibility index (Phi) is 4.68. The molecule has 0 saturated carbocycles. The zero-order chi connectivity index (χ0) is 13.8. The van der Waals surface area contributed by atoms with Gasteiger partial charge in [0.05, 0.1) is 22.3 Å². The van der Waals surface area contributed by atoms with Crippen molar-refractivity contribution >= 4 is 17.3 Å². The highest BCUT2D eigenvalue weighted by Crippen LogP contribution is 2.30. The van der Waals surface area contributed by atoms with Crippen molar-refractivity contribution in [1.82, 2.24) is 4.90 Å². The van der Waals surface area contributed by atoms with Crippen LogP contribution in [0.1, 0.15) is 18.4 Å². The van der Waals surface area contributed by atoms with Crippen molar-refractivity contribution in [2.24, 2.45) is 5.92 Å². The van der Waals surface area contributed by atoms with Gasteiger partial charge in [-0.25, -0.2) is 0 Å². The van der Waals surface area contributed by atoms with Crippen molar-refractivity contribution in [3.63, 3.8) is 0 Å². The minimum Gasteiger partial charge on any atom is -0.370 e. The molecule has 1 aromatic rings. The molecule has 0 N–H and O–H groups in total. The van der Waals surface area contributed by atoms with Gasteiger partial charge in [0.1, 0.15) is 0 Å². The molecule has 2 rings (SSSR count). The van der Waals surface area contributed by atoms with E-state index < -0.39 is 0 Å². The minimum atomic E-state index is 0.622. The maximum absolute atomic E-state index is 8.85. The Balaban J connectivity index is 2.00. The smallest absolute Gasteiger partial charge is 0.0992 e. The first-order valence-corrected chi connectivity index (χ1v) is 7.07. The van der Waals surface area contributed by atoms with E-state index in [2.05, 4.69) is 30.0 Å². The monoisotopic (exact) mass is 277 g/mol. The summed E-state index contributed by atoms with van der Waals surface area (Å²) < 4.78 is 0. The van der Waals surface area contributed by atoms with Crippen LogP contribution in [-0.4, -0.2) is 38.6 Å². The third-order valence-corrected chi connectivity index (χ3v) is 3.96. The summed E-state index contributed by atoms with van der Waals surface area (Å²) in [5.41, 5.74) is 1.68. The molecule has 0 aliphatic carbocycles. The quantitative estimate of drug-likeness (QED) is 0.851. The fourth-order valence-electron chi connectivity index (χ4n) is 2.71. The predicted octanol–water partition coefficient (Wildman–Crippen LogP) is 2.99. The van der Waals surface area contributed by atoms with E-state index in [9.17, 15) is 0 Å². The second kappa shape index (κ2) is 6.27. The molecule has 1 heterocycles. The van der Waals surface area contributed by atoms with Crippen molar-refractivity contribution in [1.29, 1.82) is 5.26 Å². The molecule has 0 spiro atoms. The first-order valence-electron chi connectivity index (χ1n) is 6.69. The van der Waals surface area contributed by atoms with E-state index in [4.69, 9.17) is 16.9 Å². The van der Waals surface area contributed by atoms with Crippen LogP contribution in [0.4, 0.5) is 5.69 Å². The van der Waals surface area contributed by atoms with Crippen LogP contribution in [0, 0.1) is 17.2 Å². The molecule has 3 nitrogen and oxygen atoms in total. The van der Waals surface area contributed by atoms with Gasteiger partial charge in [-0.05, 0) is 51.1 Å². The fraction of sp³-hybridized carbons (Fsp3) is 0.533. The number of nitriles is 1. The van der Waals surface area contributed by atoms with E-state index in [1.165, 1.54) is 12.8 Å². The minimum absolute atomic E-state index is 0.622. The Hall–Kier alpha value is -1.24. The first-order chi connectivity index (χ1) is 9.10. The molecule has 0 radical (unpaired) electrons. The van der Waals surface area contributed by atoms with Crippen LogP contribution in [0.25, 0.3) is 0 Å². The van der Waals surface area contributed by atoms with Gasteiger partial charge in [0.2, 0.25) is 0 Å². The topological polar surface area (TPSA) is 30.3 Å². The van der Waals surface area contributed by atoms with Crippen molar-refractivity contribution in [3.05, 3.63) is 28.8 Å². The molecule has 4 heteroatoms. The molecule has 0 bridgehead atoms. The standard InChI is InChI=1S/C15H20ClN3/c1-18(2)11-12-5-7-19(8-6-12)15-4-3-13(10-17)9-14(15)16/h3-4,9,12H,5-8,11H2,1-2H3. The summed E-state index contributed by atoms with van der Waals surface area (Å²) >= 11 is 6.26. The summed E-state index contributed by atoms with van der Waals surface area (Å²) in [4.78, 5) is 4.59. The lowest BCUT2D eigenvalue weighted by Crippen LogP contribution is -2.37. The molecule has 1 aliphatic heterocycles. The number of anilines is 1. The molecule has 0 unspecified atom stereocenters. The Morgan fingerprint density at radius 2 is 2.05 bits per heavy atom. The fourth-order valence-corrected chi connectivity index (χ4v) is 3.01. The molecule has 102 valence electrons. The summed E-state index contributed by atoms with van der Waals surface area (Å²) in [6, 6.07) is 7.68. The van der Waals surface area contributed by atoms with Crippen LogP contribution in [0.2, 0.25) is 5.02 Å². The molecule has 1 fully saturated rings. The maximum Gasteiger partial charge on any atom is 0.0992 e. The largest absolute Gasteiger partial charge is 0.370 e. The van der Waals surface area contributed by atoms with Gasteiger partial charge in [-0.3, -0.25) is 0 Å². The molecule has 0 aromatic heterocycles. The zero-order valence-electron chi connectivity index (χ0n) is 11.6. The van der Waals surface area contributed by atoms with E-state index in [-0.39, 0.29) is 0 Å². The van der Waals surface area contributed by atoms with E-state index in [0.29, 0.717) is 10.6 Å². The molecular formula is C15H20ClN3. The average Bonchev–Trinajstić information content (AvgIpc) is 2.39. The number of nitrogens with zero attached hydrogens (tertiary/aromatic N) is 3. The number of hydrogen-bond donors (Lipinski definition) is 0. The number of hydrogen-bond acceptors (Lipinski definition) is 3. The Morgan fingerprint density at radius 3 is 2.58 bits per heavy atom. The first kappa shape index (κ1) is 14.2.